The Hall–Kier alpha value is -2.07. The number of amides is 1. The molecule has 1 heterocycles. The predicted octanol–water partition coefficient (Wildman–Crippen LogP) is 3.40. The van der Waals surface area contributed by atoms with Gasteiger partial charge >= 0.3 is 0 Å². The third-order valence-electron chi connectivity index (χ3n) is 2.51. The SMILES string of the molecule is CC(=NNC(=O)c1cccc(Cl)c1)c1ccc(C)o1. The molecule has 0 atom stereocenters. The van der Waals surface area contributed by atoms with E-state index in [0.29, 0.717) is 22.1 Å². The van der Waals surface area contributed by atoms with Crippen molar-refractivity contribution >= 4 is 23.2 Å². The zero-order chi connectivity index (χ0) is 13.8. The van der Waals surface area contributed by atoms with Gasteiger partial charge in [-0.2, -0.15) is 5.10 Å². The quantitative estimate of drug-likeness (QED) is 0.690. The molecule has 0 radical (unpaired) electrons. The summed E-state index contributed by atoms with van der Waals surface area (Å²) in [5.41, 5.74) is 3.52. The summed E-state index contributed by atoms with van der Waals surface area (Å²) in [6.07, 6.45) is 0. The van der Waals surface area contributed by atoms with E-state index in [4.69, 9.17) is 16.0 Å². The lowest BCUT2D eigenvalue weighted by Gasteiger charge is -2.01. The molecule has 5 heteroatoms. The van der Waals surface area contributed by atoms with Gasteiger partial charge in [-0.1, -0.05) is 17.7 Å². The summed E-state index contributed by atoms with van der Waals surface area (Å²) >= 11 is 5.82. The Kier molecular flexibility index (Phi) is 4.02. The first kappa shape index (κ1) is 13.4. The van der Waals surface area contributed by atoms with Crippen LogP contribution in [0.15, 0.2) is 45.9 Å². The van der Waals surface area contributed by atoms with Crippen LogP contribution in [0.4, 0.5) is 0 Å². The van der Waals surface area contributed by atoms with Gasteiger partial charge in [-0.25, -0.2) is 5.43 Å². The van der Waals surface area contributed by atoms with Crippen molar-refractivity contribution in [1.82, 2.24) is 5.43 Å². The standard InChI is InChI=1S/C14H13ClN2O2/c1-9-6-7-13(19-9)10(2)16-17-14(18)11-4-3-5-12(15)8-11/h3-8H,1-2H3,(H,17,18). The summed E-state index contributed by atoms with van der Waals surface area (Å²) in [5.74, 6) is 1.11. The number of nitrogens with one attached hydrogen (secondary N) is 1. The fourth-order valence-corrected chi connectivity index (χ4v) is 1.70. The molecule has 4 nitrogen and oxygen atoms in total. The van der Waals surface area contributed by atoms with Crippen molar-refractivity contribution in [3.63, 3.8) is 0 Å². The van der Waals surface area contributed by atoms with Crippen LogP contribution in [0.2, 0.25) is 5.02 Å². The van der Waals surface area contributed by atoms with Gasteiger partial charge in [0.25, 0.3) is 5.91 Å². The molecular formula is C14H13ClN2O2. The fourth-order valence-electron chi connectivity index (χ4n) is 1.51. The summed E-state index contributed by atoms with van der Waals surface area (Å²) in [7, 11) is 0. The average Bonchev–Trinajstić information content (AvgIpc) is 2.82. The molecular weight excluding hydrogens is 264 g/mol. The summed E-state index contributed by atoms with van der Waals surface area (Å²) in [4.78, 5) is 11.8. The van der Waals surface area contributed by atoms with E-state index in [0.717, 1.165) is 5.76 Å². The molecule has 0 aliphatic heterocycles. The number of halogens is 1. The largest absolute Gasteiger partial charge is 0.460 e. The Morgan fingerprint density at radius 3 is 2.74 bits per heavy atom. The number of hydrogen-bond acceptors (Lipinski definition) is 3. The first-order valence-electron chi connectivity index (χ1n) is 5.73. The second-order valence-electron chi connectivity index (χ2n) is 4.06. The van der Waals surface area contributed by atoms with E-state index < -0.39 is 0 Å². The van der Waals surface area contributed by atoms with E-state index in [1.807, 2.05) is 13.0 Å². The minimum atomic E-state index is -0.315. The van der Waals surface area contributed by atoms with Crippen molar-refractivity contribution in [2.75, 3.05) is 0 Å². The molecule has 1 amide bonds. The molecule has 98 valence electrons. The molecule has 2 rings (SSSR count). The second-order valence-corrected chi connectivity index (χ2v) is 4.50. The van der Waals surface area contributed by atoms with Gasteiger partial charge in [-0.05, 0) is 44.2 Å². The van der Waals surface area contributed by atoms with Crippen molar-refractivity contribution < 1.29 is 9.21 Å². The molecule has 1 N–H and O–H groups in total. The lowest BCUT2D eigenvalue weighted by Crippen LogP contribution is -2.19. The number of hydrogen-bond donors (Lipinski definition) is 1. The van der Waals surface area contributed by atoms with Crippen LogP contribution in [-0.2, 0) is 0 Å². The first-order chi connectivity index (χ1) is 9.06. The molecule has 0 aliphatic carbocycles. The van der Waals surface area contributed by atoms with E-state index in [1.165, 1.54) is 0 Å². The third-order valence-corrected chi connectivity index (χ3v) is 2.74. The zero-order valence-electron chi connectivity index (χ0n) is 10.6. The summed E-state index contributed by atoms with van der Waals surface area (Å²) < 4.78 is 5.40. The third kappa shape index (κ3) is 3.45. The Morgan fingerprint density at radius 2 is 2.11 bits per heavy atom. The highest BCUT2D eigenvalue weighted by atomic mass is 35.5. The molecule has 0 saturated heterocycles. The maximum Gasteiger partial charge on any atom is 0.271 e. The van der Waals surface area contributed by atoms with Crippen molar-refractivity contribution in [2.24, 2.45) is 5.10 Å². The molecule has 0 unspecified atom stereocenters. The van der Waals surface area contributed by atoms with Gasteiger partial charge in [0.1, 0.15) is 17.2 Å². The van der Waals surface area contributed by atoms with E-state index in [1.54, 1.807) is 37.3 Å². The summed E-state index contributed by atoms with van der Waals surface area (Å²) in [5, 5.41) is 4.50. The smallest absolute Gasteiger partial charge is 0.271 e. The molecule has 0 saturated carbocycles. The summed E-state index contributed by atoms with van der Waals surface area (Å²) in [6, 6.07) is 10.3. The van der Waals surface area contributed by atoms with E-state index >= 15 is 0 Å². The van der Waals surface area contributed by atoms with Crippen LogP contribution in [0.1, 0.15) is 28.8 Å². The molecule has 2 aromatic rings. The lowest BCUT2D eigenvalue weighted by molar-refractivity contribution is 0.0955. The molecule has 1 aromatic heterocycles. The Labute approximate surface area is 116 Å². The van der Waals surface area contributed by atoms with Crippen LogP contribution < -0.4 is 5.43 Å². The summed E-state index contributed by atoms with van der Waals surface area (Å²) in [6.45, 7) is 3.61. The van der Waals surface area contributed by atoms with Gasteiger partial charge < -0.3 is 4.42 Å². The number of rotatable bonds is 3. The first-order valence-corrected chi connectivity index (χ1v) is 6.11. The monoisotopic (exact) mass is 276 g/mol. The van der Waals surface area contributed by atoms with Crippen LogP contribution in [0.5, 0.6) is 0 Å². The number of carbonyl (C=O) groups excluding carboxylic acids is 1. The number of aryl methyl sites for hydroxylation is 1. The highest BCUT2D eigenvalue weighted by Gasteiger charge is 2.06. The predicted molar refractivity (Wildman–Crippen MR) is 74.6 cm³/mol. The Morgan fingerprint density at radius 1 is 1.32 bits per heavy atom. The van der Waals surface area contributed by atoms with Crippen LogP contribution in [-0.4, -0.2) is 11.6 Å². The number of hydrazone groups is 1. The van der Waals surface area contributed by atoms with Crippen molar-refractivity contribution in [3.8, 4) is 0 Å². The van der Waals surface area contributed by atoms with Gasteiger partial charge in [-0.15, -0.1) is 0 Å². The maximum atomic E-state index is 11.8. The second kappa shape index (κ2) is 5.71. The van der Waals surface area contributed by atoms with Crippen LogP contribution in [0.25, 0.3) is 0 Å². The molecule has 19 heavy (non-hydrogen) atoms. The van der Waals surface area contributed by atoms with Gasteiger partial charge in [0, 0.05) is 10.6 Å². The minimum absolute atomic E-state index is 0.315. The van der Waals surface area contributed by atoms with E-state index in [-0.39, 0.29) is 5.91 Å². The highest BCUT2D eigenvalue weighted by Crippen LogP contribution is 2.11. The minimum Gasteiger partial charge on any atom is -0.460 e. The molecule has 0 spiro atoms. The number of nitrogens with zero attached hydrogens (tertiary/aromatic N) is 1. The van der Waals surface area contributed by atoms with Crippen LogP contribution >= 0.6 is 11.6 Å². The zero-order valence-corrected chi connectivity index (χ0v) is 11.4. The molecule has 0 aliphatic rings. The highest BCUT2D eigenvalue weighted by molar-refractivity contribution is 6.30. The topological polar surface area (TPSA) is 54.6 Å². The molecule has 1 aromatic carbocycles. The van der Waals surface area contributed by atoms with Gasteiger partial charge in [0.2, 0.25) is 0 Å². The Balaban J connectivity index is 2.07. The fraction of sp³-hybridized carbons (Fsp3) is 0.143. The van der Waals surface area contributed by atoms with Crippen molar-refractivity contribution in [2.45, 2.75) is 13.8 Å². The molecule has 0 fully saturated rings. The van der Waals surface area contributed by atoms with Crippen LogP contribution in [0, 0.1) is 6.92 Å². The van der Waals surface area contributed by atoms with Gasteiger partial charge in [-0.3, -0.25) is 4.79 Å². The van der Waals surface area contributed by atoms with Gasteiger partial charge in [0.05, 0.1) is 0 Å². The number of benzene rings is 1. The lowest BCUT2D eigenvalue weighted by atomic mass is 10.2. The van der Waals surface area contributed by atoms with Crippen LogP contribution in [0.3, 0.4) is 0 Å². The number of carbonyl (C=O) groups is 1. The van der Waals surface area contributed by atoms with Crippen molar-refractivity contribution in [1.29, 1.82) is 0 Å². The molecule has 0 bridgehead atoms. The Bertz CT molecular complexity index is 632. The van der Waals surface area contributed by atoms with Gasteiger partial charge in [0.15, 0.2) is 0 Å². The normalized spacial score (nSPS) is 11.4. The number of furan rings is 1. The van der Waals surface area contributed by atoms with E-state index in [9.17, 15) is 4.79 Å². The van der Waals surface area contributed by atoms with E-state index in [2.05, 4.69) is 10.5 Å². The maximum absolute atomic E-state index is 11.8. The van der Waals surface area contributed by atoms with Crippen molar-refractivity contribution in [3.05, 3.63) is 58.5 Å². The average molecular weight is 277 g/mol.